The first-order valence-electron chi connectivity index (χ1n) is 6.48. The molecule has 1 aromatic carbocycles. The zero-order valence-electron chi connectivity index (χ0n) is 10.5. The molecule has 19 heavy (non-hydrogen) atoms. The standard InChI is InChI=1S/C14H16N2O3/c15-4-3-8-1-2-11-9(5-8)6-13(17)16(11)12-7-10(12)14(18)19/h1-2,5,10,12H,3-4,6-7,15H2,(H,18,19). The number of hydrogen-bond donors (Lipinski definition) is 2. The van der Waals surface area contributed by atoms with Gasteiger partial charge in [0.25, 0.3) is 0 Å². The highest BCUT2D eigenvalue weighted by Gasteiger charge is 2.51. The summed E-state index contributed by atoms with van der Waals surface area (Å²) < 4.78 is 0. The van der Waals surface area contributed by atoms with E-state index in [-0.39, 0.29) is 11.9 Å². The van der Waals surface area contributed by atoms with E-state index >= 15 is 0 Å². The van der Waals surface area contributed by atoms with E-state index in [2.05, 4.69) is 0 Å². The maximum atomic E-state index is 12.1. The van der Waals surface area contributed by atoms with Crippen LogP contribution in [0.4, 0.5) is 5.69 Å². The number of anilines is 1. The monoisotopic (exact) mass is 260 g/mol. The van der Waals surface area contributed by atoms with Gasteiger partial charge in [-0.15, -0.1) is 0 Å². The molecule has 1 aliphatic heterocycles. The molecule has 3 rings (SSSR count). The third-order valence-corrected chi connectivity index (χ3v) is 3.85. The highest BCUT2D eigenvalue weighted by atomic mass is 16.4. The topological polar surface area (TPSA) is 83.6 Å². The largest absolute Gasteiger partial charge is 0.481 e. The number of carboxylic acids is 1. The first-order valence-corrected chi connectivity index (χ1v) is 6.48. The van der Waals surface area contributed by atoms with Crippen LogP contribution in [0.2, 0.25) is 0 Å². The number of nitrogens with zero attached hydrogens (tertiary/aromatic N) is 1. The van der Waals surface area contributed by atoms with E-state index in [1.54, 1.807) is 4.90 Å². The molecule has 1 amide bonds. The Labute approximate surface area is 111 Å². The van der Waals surface area contributed by atoms with Gasteiger partial charge >= 0.3 is 5.97 Å². The van der Waals surface area contributed by atoms with Crippen LogP contribution in [0.15, 0.2) is 18.2 Å². The summed E-state index contributed by atoms with van der Waals surface area (Å²) in [6, 6.07) is 5.74. The third-order valence-electron chi connectivity index (χ3n) is 3.85. The van der Waals surface area contributed by atoms with E-state index in [9.17, 15) is 9.59 Å². The Bertz CT molecular complexity index is 556. The fourth-order valence-electron chi connectivity index (χ4n) is 2.82. The van der Waals surface area contributed by atoms with Crippen LogP contribution in [0.3, 0.4) is 0 Å². The van der Waals surface area contributed by atoms with E-state index in [1.807, 2.05) is 18.2 Å². The molecule has 5 heteroatoms. The molecule has 0 radical (unpaired) electrons. The highest BCUT2D eigenvalue weighted by molar-refractivity contribution is 6.03. The lowest BCUT2D eigenvalue weighted by molar-refractivity contribution is -0.138. The molecule has 1 saturated carbocycles. The van der Waals surface area contributed by atoms with Crippen molar-refractivity contribution in [2.75, 3.05) is 11.4 Å². The zero-order chi connectivity index (χ0) is 13.6. The number of fused-ring (bicyclic) bond motifs is 1. The molecule has 0 aromatic heterocycles. The summed E-state index contributed by atoms with van der Waals surface area (Å²) in [7, 11) is 0. The Hall–Kier alpha value is -1.88. The molecule has 2 atom stereocenters. The molecule has 0 spiro atoms. The van der Waals surface area contributed by atoms with Crippen LogP contribution in [0, 0.1) is 5.92 Å². The van der Waals surface area contributed by atoms with Crippen LogP contribution >= 0.6 is 0 Å². The average molecular weight is 260 g/mol. The number of nitrogens with two attached hydrogens (primary N) is 1. The van der Waals surface area contributed by atoms with Crippen molar-refractivity contribution in [2.24, 2.45) is 11.7 Å². The summed E-state index contributed by atoms with van der Waals surface area (Å²) in [4.78, 5) is 24.7. The number of aliphatic carboxylic acids is 1. The predicted octanol–water partition coefficient (Wildman–Crippen LogP) is 0.550. The van der Waals surface area contributed by atoms with Crippen LogP contribution in [-0.4, -0.2) is 29.6 Å². The minimum absolute atomic E-state index is 0.00801. The molecule has 1 aliphatic carbocycles. The summed E-state index contributed by atoms with van der Waals surface area (Å²) in [5.41, 5.74) is 8.52. The fourth-order valence-corrected chi connectivity index (χ4v) is 2.82. The molecule has 1 heterocycles. The number of amides is 1. The lowest BCUT2D eigenvalue weighted by Crippen LogP contribution is -2.31. The predicted molar refractivity (Wildman–Crippen MR) is 69.9 cm³/mol. The van der Waals surface area contributed by atoms with Gasteiger partial charge < -0.3 is 15.7 Å². The second kappa shape index (κ2) is 4.35. The summed E-state index contributed by atoms with van der Waals surface area (Å²) in [5, 5.41) is 8.98. The van der Waals surface area contributed by atoms with Crippen molar-refractivity contribution in [1.82, 2.24) is 0 Å². The minimum atomic E-state index is -0.814. The Morgan fingerprint density at radius 1 is 1.47 bits per heavy atom. The van der Waals surface area contributed by atoms with Gasteiger partial charge in [0, 0.05) is 5.69 Å². The van der Waals surface area contributed by atoms with Crippen LogP contribution in [0.5, 0.6) is 0 Å². The van der Waals surface area contributed by atoms with Crippen molar-refractivity contribution in [2.45, 2.75) is 25.3 Å². The van der Waals surface area contributed by atoms with Gasteiger partial charge in [-0.05, 0) is 36.6 Å². The second-order valence-electron chi connectivity index (χ2n) is 5.19. The van der Waals surface area contributed by atoms with E-state index in [4.69, 9.17) is 10.8 Å². The summed E-state index contributed by atoms with van der Waals surface area (Å²) in [5.74, 6) is -1.21. The van der Waals surface area contributed by atoms with Crippen molar-refractivity contribution in [3.8, 4) is 0 Å². The number of carbonyl (C=O) groups excluding carboxylic acids is 1. The highest BCUT2D eigenvalue weighted by Crippen LogP contribution is 2.43. The molecule has 1 aromatic rings. The minimum Gasteiger partial charge on any atom is -0.481 e. The molecular formula is C14H16N2O3. The summed E-state index contributed by atoms with van der Waals surface area (Å²) >= 11 is 0. The average Bonchev–Trinajstić information content (AvgIpc) is 3.07. The molecule has 0 saturated heterocycles. The first-order chi connectivity index (χ1) is 9.11. The van der Waals surface area contributed by atoms with E-state index < -0.39 is 11.9 Å². The van der Waals surface area contributed by atoms with Crippen molar-refractivity contribution >= 4 is 17.6 Å². The van der Waals surface area contributed by atoms with Gasteiger partial charge in [0.05, 0.1) is 18.4 Å². The van der Waals surface area contributed by atoms with Gasteiger partial charge in [0.2, 0.25) is 5.91 Å². The maximum absolute atomic E-state index is 12.1. The van der Waals surface area contributed by atoms with Crippen molar-refractivity contribution < 1.29 is 14.7 Å². The van der Waals surface area contributed by atoms with E-state index in [0.717, 1.165) is 23.2 Å². The van der Waals surface area contributed by atoms with Crippen molar-refractivity contribution in [3.63, 3.8) is 0 Å². The molecule has 2 aliphatic rings. The van der Waals surface area contributed by atoms with Gasteiger partial charge in [-0.3, -0.25) is 9.59 Å². The Morgan fingerprint density at radius 3 is 2.89 bits per heavy atom. The van der Waals surface area contributed by atoms with Crippen LogP contribution < -0.4 is 10.6 Å². The number of carboxylic acid groups (broad SMARTS) is 1. The normalized spacial score (nSPS) is 24.5. The molecule has 0 bridgehead atoms. The lowest BCUT2D eigenvalue weighted by Gasteiger charge is -2.17. The molecular weight excluding hydrogens is 244 g/mol. The van der Waals surface area contributed by atoms with Gasteiger partial charge in [0.15, 0.2) is 0 Å². The smallest absolute Gasteiger partial charge is 0.308 e. The third kappa shape index (κ3) is 2.00. The summed E-state index contributed by atoms with van der Waals surface area (Å²) in [6.45, 7) is 0.583. The van der Waals surface area contributed by atoms with Gasteiger partial charge in [0.1, 0.15) is 0 Å². The zero-order valence-corrected chi connectivity index (χ0v) is 10.5. The molecule has 3 N–H and O–H groups in total. The van der Waals surface area contributed by atoms with Gasteiger partial charge in [-0.2, -0.15) is 0 Å². The molecule has 5 nitrogen and oxygen atoms in total. The van der Waals surface area contributed by atoms with Crippen LogP contribution in [0.25, 0.3) is 0 Å². The lowest BCUT2D eigenvalue weighted by atomic mass is 10.1. The number of benzene rings is 1. The second-order valence-corrected chi connectivity index (χ2v) is 5.19. The Morgan fingerprint density at radius 2 is 2.26 bits per heavy atom. The SMILES string of the molecule is NCCc1ccc2c(c1)CC(=O)N2C1CC1C(=O)O. The van der Waals surface area contributed by atoms with E-state index in [0.29, 0.717) is 19.4 Å². The number of carbonyl (C=O) groups is 2. The van der Waals surface area contributed by atoms with Gasteiger partial charge in [-0.1, -0.05) is 12.1 Å². The van der Waals surface area contributed by atoms with Gasteiger partial charge in [-0.25, -0.2) is 0 Å². The quantitative estimate of drug-likeness (QED) is 0.828. The number of rotatable bonds is 4. The van der Waals surface area contributed by atoms with E-state index in [1.165, 1.54) is 0 Å². The van der Waals surface area contributed by atoms with Crippen LogP contribution in [0.1, 0.15) is 17.5 Å². The number of hydrogen-bond acceptors (Lipinski definition) is 3. The molecule has 100 valence electrons. The first kappa shape index (κ1) is 12.2. The van der Waals surface area contributed by atoms with Crippen molar-refractivity contribution in [1.29, 1.82) is 0 Å². The van der Waals surface area contributed by atoms with Crippen molar-refractivity contribution in [3.05, 3.63) is 29.3 Å². The molecule has 2 unspecified atom stereocenters. The fraction of sp³-hybridized carbons (Fsp3) is 0.429. The Kier molecular flexibility index (Phi) is 2.78. The molecule has 1 fully saturated rings. The Balaban J connectivity index is 1.87. The summed E-state index contributed by atoms with van der Waals surface area (Å²) in [6.07, 6.45) is 1.73. The van der Waals surface area contributed by atoms with Crippen LogP contribution in [-0.2, 0) is 22.4 Å². The maximum Gasteiger partial charge on any atom is 0.308 e.